The number of hydrogen-bond acceptors (Lipinski definition) is 6. The lowest BCUT2D eigenvalue weighted by Crippen LogP contribution is -1.97. The number of hydrogen-bond donors (Lipinski definition) is 0. The highest BCUT2D eigenvalue weighted by atomic mass is 16.6. The van der Waals surface area contributed by atoms with Gasteiger partial charge in [0.15, 0.2) is 0 Å². The minimum atomic E-state index is -0.437. The molecule has 1 aromatic carbocycles. The summed E-state index contributed by atoms with van der Waals surface area (Å²) in [5.41, 5.74) is 4.84. The van der Waals surface area contributed by atoms with E-state index in [4.69, 9.17) is 0 Å². The first-order valence-corrected chi connectivity index (χ1v) is 7.50. The van der Waals surface area contributed by atoms with Crippen molar-refractivity contribution < 1.29 is 4.92 Å². The van der Waals surface area contributed by atoms with Gasteiger partial charge in [0.2, 0.25) is 0 Å². The molecule has 1 aliphatic carbocycles. The van der Waals surface area contributed by atoms with Crippen LogP contribution in [0, 0.1) is 10.1 Å². The van der Waals surface area contributed by atoms with Crippen molar-refractivity contribution in [3.05, 3.63) is 87.7 Å². The molecule has 0 amide bonds. The summed E-state index contributed by atoms with van der Waals surface area (Å²) in [4.78, 5) is 19.0. The number of aromatic nitrogens is 2. The summed E-state index contributed by atoms with van der Waals surface area (Å²) in [7, 11) is 0. The largest absolute Gasteiger partial charge is 0.269 e. The van der Waals surface area contributed by atoms with E-state index in [1.54, 1.807) is 30.7 Å². The number of nitro benzene ring substituents is 1. The van der Waals surface area contributed by atoms with E-state index in [0.29, 0.717) is 5.71 Å². The van der Waals surface area contributed by atoms with E-state index in [1.807, 2.05) is 24.3 Å². The van der Waals surface area contributed by atoms with Gasteiger partial charge in [-0.3, -0.25) is 20.1 Å². The third-order valence-electron chi connectivity index (χ3n) is 3.82. The Hall–Kier alpha value is -3.74. The van der Waals surface area contributed by atoms with Gasteiger partial charge in [-0.25, -0.2) is 0 Å². The predicted molar refractivity (Wildman–Crippen MR) is 93.8 cm³/mol. The van der Waals surface area contributed by atoms with Gasteiger partial charge >= 0.3 is 0 Å². The van der Waals surface area contributed by atoms with Crippen LogP contribution in [0.1, 0.15) is 16.7 Å². The molecule has 0 atom stereocenters. The van der Waals surface area contributed by atoms with Crippen LogP contribution in [0.4, 0.5) is 5.69 Å². The average molecular weight is 329 g/mol. The van der Waals surface area contributed by atoms with Crippen molar-refractivity contribution in [3.63, 3.8) is 0 Å². The van der Waals surface area contributed by atoms with Crippen LogP contribution in [0.25, 0.3) is 11.4 Å². The van der Waals surface area contributed by atoms with Crippen molar-refractivity contribution in [1.82, 2.24) is 9.97 Å². The molecule has 1 aliphatic rings. The SMILES string of the molecule is O=[N+]([O-])c1ccc(/C=N/N=C2c3cccnc3-c3ncccc32)cc1. The van der Waals surface area contributed by atoms with E-state index in [-0.39, 0.29) is 5.69 Å². The monoisotopic (exact) mass is 329 g/mol. The minimum Gasteiger partial charge on any atom is -0.258 e. The van der Waals surface area contributed by atoms with Gasteiger partial charge in [0.25, 0.3) is 5.69 Å². The van der Waals surface area contributed by atoms with Crippen LogP contribution < -0.4 is 0 Å². The fourth-order valence-corrected chi connectivity index (χ4v) is 2.66. The predicted octanol–water partition coefficient (Wildman–Crippen LogP) is 3.24. The van der Waals surface area contributed by atoms with Crippen LogP contribution >= 0.6 is 0 Å². The van der Waals surface area contributed by atoms with E-state index >= 15 is 0 Å². The third kappa shape index (κ3) is 2.67. The first-order valence-electron chi connectivity index (χ1n) is 7.50. The fourth-order valence-electron chi connectivity index (χ4n) is 2.66. The highest BCUT2D eigenvalue weighted by Crippen LogP contribution is 2.33. The van der Waals surface area contributed by atoms with Crippen LogP contribution in [0.5, 0.6) is 0 Å². The smallest absolute Gasteiger partial charge is 0.258 e. The lowest BCUT2D eigenvalue weighted by molar-refractivity contribution is -0.384. The third-order valence-corrected chi connectivity index (χ3v) is 3.82. The Kier molecular flexibility index (Phi) is 3.59. The Morgan fingerprint density at radius 3 is 2.08 bits per heavy atom. The molecular formula is C18H11N5O2. The molecule has 0 unspecified atom stereocenters. The Morgan fingerprint density at radius 1 is 0.920 bits per heavy atom. The number of nitro groups is 1. The van der Waals surface area contributed by atoms with Crippen molar-refractivity contribution in [2.24, 2.45) is 10.2 Å². The summed E-state index contributed by atoms with van der Waals surface area (Å²) in [5.74, 6) is 0. The van der Waals surface area contributed by atoms with Gasteiger partial charge in [0.1, 0.15) is 5.71 Å². The van der Waals surface area contributed by atoms with Crippen molar-refractivity contribution in [2.75, 3.05) is 0 Å². The van der Waals surface area contributed by atoms with Crippen molar-refractivity contribution in [1.29, 1.82) is 0 Å². The average Bonchev–Trinajstić information content (AvgIpc) is 2.97. The van der Waals surface area contributed by atoms with Gasteiger partial charge in [-0.1, -0.05) is 0 Å². The highest BCUT2D eigenvalue weighted by Gasteiger charge is 2.26. The maximum absolute atomic E-state index is 10.7. The van der Waals surface area contributed by atoms with Crippen molar-refractivity contribution >= 4 is 17.6 Å². The zero-order chi connectivity index (χ0) is 17.2. The molecule has 4 rings (SSSR count). The van der Waals surface area contributed by atoms with Crippen molar-refractivity contribution in [3.8, 4) is 11.4 Å². The molecule has 0 N–H and O–H groups in total. The molecule has 25 heavy (non-hydrogen) atoms. The normalized spacial score (nSPS) is 12.1. The molecule has 0 saturated heterocycles. The molecule has 0 aliphatic heterocycles. The van der Waals surface area contributed by atoms with Crippen LogP contribution in [0.15, 0.2) is 71.1 Å². The second-order valence-electron chi connectivity index (χ2n) is 5.34. The summed E-state index contributed by atoms with van der Waals surface area (Å²) >= 11 is 0. The van der Waals surface area contributed by atoms with Gasteiger partial charge in [0.05, 0.1) is 22.5 Å². The molecule has 120 valence electrons. The van der Waals surface area contributed by atoms with E-state index in [1.165, 1.54) is 12.1 Å². The first-order chi connectivity index (χ1) is 12.2. The van der Waals surface area contributed by atoms with Gasteiger partial charge in [-0.2, -0.15) is 5.10 Å². The van der Waals surface area contributed by atoms with Gasteiger partial charge < -0.3 is 0 Å². The molecule has 3 aromatic rings. The molecular weight excluding hydrogens is 318 g/mol. The van der Waals surface area contributed by atoms with Crippen LogP contribution in [0.3, 0.4) is 0 Å². The standard InChI is InChI=1S/C18H11N5O2/c24-23(25)13-7-5-12(6-8-13)11-21-22-16-14-3-1-9-19-17(14)18-15(16)4-2-10-20-18/h1-11H/b21-11+. The van der Waals surface area contributed by atoms with Crippen LogP contribution in [0.2, 0.25) is 0 Å². The highest BCUT2D eigenvalue weighted by molar-refractivity contribution is 6.23. The molecule has 7 heteroatoms. The molecule has 7 nitrogen and oxygen atoms in total. The second-order valence-corrected chi connectivity index (χ2v) is 5.34. The number of non-ortho nitro benzene ring substituents is 1. The van der Waals surface area contributed by atoms with Gasteiger partial charge in [-0.05, 0) is 42.0 Å². The Morgan fingerprint density at radius 2 is 1.52 bits per heavy atom. The maximum Gasteiger partial charge on any atom is 0.269 e. The number of rotatable bonds is 3. The molecule has 0 saturated carbocycles. The second kappa shape index (κ2) is 6.04. The summed E-state index contributed by atoms with van der Waals surface area (Å²) < 4.78 is 0. The first kappa shape index (κ1) is 14.8. The Balaban J connectivity index is 1.68. The zero-order valence-electron chi connectivity index (χ0n) is 12.9. The molecule has 0 radical (unpaired) electrons. The molecule has 2 heterocycles. The molecule has 0 bridgehead atoms. The van der Waals surface area contributed by atoms with Crippen molar-refractivity contribution in [2.45, 2.75) is 0 Å². The lowest BCUT2D eigenvalue weighted by Gasteiger charge is -1.97. The summed E-state index contributed by atoms with van der Waals surface area (Å²) in [6.07, 6.45) is 5.00. The van der Waals surface area contributed by atoms with Crippen LogP contribution in [-0.4, -0.2) is 26.8 Å². The summed E-state index contributed by atoms with van der Waals surface area (Å²) in [5, 5.41) is 19.1. The number of pyridine rings is 2. The number of benzene rings is 1. The molecule has 0 spiro atoms. The quantitative estimate of drug-likeness (QED) is 0.327. The van der Waals surface area contributed by atoms with E-state index in [2.05, 4.69) is 20.2 Å². The summed E-state index contributed by atoms with van der Waals surface area (Å²) in [6, 6.07) is 13.7. The fraction of sp³-hybridized carbons (Fsp3) is 0. The van der Waals surface area contributed by atoms with Gasteiger partial charge in [-0.15, -0.1) is 5.10 Å². The zero-order valence-corrected chi connectivity index (χ0v) is 12.9. The van der Waals surface area contributed by atoms with E-state index in [9.17, 15) is 10.1 Å². The van der Waals surface area contributed by atoms with E-state index < -0.39 is 4.92 Å². The molecule has 2 aromatic heterocycles. The topological polar surface area (TPSA) is 93.6 Å². The Bertz CT molecular complexity index is 978. The Labute approximate surface area is 142 Å². The lowest BCUT2D eigenvalue weighted by atomic mass is 10.1. The number of nitrogens with zero attached hydrogens (tertiary/aromatic N) is 5. The van der Waals surface area contributed by atoms with Crippen LogP contribution in [-0.2, 0) is 0 Å². The molecule has 0 fully saturated rings. The van der Waals surface area contributed by atoms with Gasteiger partial charge in [0, 0.05) is 35.7 Å². The maximum atomic E-state index is 10.7. The minimum absolute atomic E-state index is 0.0410. The number of fused-ring (bicyclic) bond motifs is 3. The van der Waals surface area contributed by atoms with E-state index in [0.717, 1.165) is 28.1 Å². The summed E-state index contributed by atoms with van der Waals surface area (Å²) in [6.45, 7) is 0.